The zero-order valence-electron chi connectivity index (χ0n) is 23.0. The quantitative estimate of drug-likeness (QED) is 0.0935. The summed E-state index contributed by atoms with van der Waals surface area (Å²) in [6, 6.07) is 2.24. The summed E-state index contributed by atoms with van der Waals surface area (Å²) in [5, 5.41) is 35.4. The topological polar surface area (TPSA) is 267 Å². The van der Waals surface area contributed by atoms with Crippen LogP contribution in [-0.2, 0) is 35.2 Å². The van der Waals surface area contributed by atoms with Crippen LogP contribution in [0.5, 0.6) is 0 Å². The van der Waals surface area contributed by atoms with Crippen LogP contribution in [-0.4, -0.2) is 86.6 Å². The van der Waals surface area contributed by atoms with Gasteiger partial charge in [-0.15, -0.1) is 0 Å². The van der Waals surface area contributed by atoms with Crippen LogP contribution in [0.3, 0.4) is 0 Å². The van der Waals surface area contributed by atoms with Crippen LogP contribution in [0.15, 0.2) is 30.5 Å². The number of amides is 3. The number of H-pyrrole nitrogens is 1. The molecule has 15 nitrogen and oxygen atoms in total. The molecule has 42 heavy (non-hydrogen) atoms. The summed E-state index contributed by atoms with van der Waals surface area (Å²) in [6.45, 7) is 0.332. The van der Waals surface area contributed by atoms with E-state index in [2.05, 4.69) is 20.9 Å². The Morgan fingerprint density at radius 3 is 1.90 bits per heavy atom. The Morgan fingerprint density at radius 1 is 0.762 bits per heavy atom. The lowest BCUT2D eigenvalue weighted by atomic mass is 10.0. The molecule has 0 aliphatic carbocycles. The average molecular weight is 591 g/mol. The van der Waals surface area contributed by atoms with E-state index in [1.807, 2.05) is 24.3 Å². The maximum Gasteiger partial charge on any atom is 0.326 e. The highest BCUT2D eigenvalue weighted by Gasteiger charge is 2.31. The van der Waals surface area contributed by atoms with Crippen molar-refractivity contribution in [2.75, 3.05) is 6.54 Å². The number of nitrogens with two attached hydrogens (primary N) is 2. The van der Waals surface area contributed by atoms with E-state index in [-0.39, 0.29) is 19.3 Å². The van der Waals surface area contributed by atoms with Crippen LogP contribution < -0.4 is 27.4 Å². The number of aromatic nitrogens is 1. The summed E-state index contributed by atoms with van der Waals surface area (Å²) >= 11 is 0. The maximum absolute atomic E-state index is 13.3. The first-order valence-corrected chi connectivity index (χ1v) is 13.5. The van der Waals surface area contributed by atoms with Crippen LogP contribution in [0.4, 0.5) is 0 Å². The molecular weight excluding hydrogens is 552 g/mol. The number of nitrogens with one attached hydrogen (secondary N) is 4. The number of unbranched alkanes of at least 4 members (excludes halogenated alkanes) is 1. The normalized spacial score (nSPS) is 13.9. The molecule has 230 valence electrons. The Morgan fingerprint density at radius 2 is 1.31 bits per heavy atom. The van der Waals surface area contributed by atoms with E-state index in [0.29, 0.717) is 19.4 Å². The van der Waals surface area contributed by atoms with E-state index in [1.165, 1.54) is 0 Å². The summed E-state index contributed by atoms with van der Waals surface area (Å²) in [5.74, 6) is -6.47. The van der Waals surface area contributed by atoms with Crippen molar-refractivity contribution in [3.8, 4) is 0 Å². The molecule has 1 aromatic heterocycles. The second-order valence-electron chi connectivity index (χ2n) is 9.84. The molecule has 11 N–H and O–H groups in total. The van der Waals surface area contributed by atoms with E-state index >= 15 is 0 Å². The molecule has 3 amide bonds. The van der Waals surface area contributed by atoms with E-state index in [0.717, 1.165) is 16.5 Å². The van der Waals surface area contributed by atoms with Crippen LogP contribution >= 0.6 is 0 Å². The maximum atomic E-state index is 13.3. The summed E-state index contributed by atoms with van der Waals surface area (Å²) < 4.78 is 0. The molecule has 2 rings (SSSR count). The van der Waals surface area contributed by atoms with Crippen LogP contribution in [0.1, 0.15) is 50.5 Å². The number of aliphatic carboxylic acids is 3. The van der Waals surface area contributed by atoms with E-state index < -0.39 is 79.1 Å². The van der Waals surface area contributed by atoms with Gasteiger partial charge in [0.25, 0.3) is 0 Å². The Hall–Kier alpha value is -4.50. The van der Waals surface area contributed by atoms with Gasteiger partial charge in [-0.25, -0.2) is 4.79 Å². The number of aromatic amines is 1. The second kappa shape index (κ2) is 16.7. The number of benzene rings is 1. The van der Waals surface area contributed by atoms with Crippen molar-refractivity contribution in [3.05, 3.63) is 36.0 Å². The Labute approximate surface area is 241 Å². The largest absolute Gasteiger partial charge is 0.481 e. The third-order valence-electron chi connectivity index (χ3n) is 6.57. The highest BCUT2D eigenvalue weighted by molar-refractivity contribution is 5.94. The predicted molar refractivity (Wildman–Crippen MR) is 150 cm³/mol. The van der Waals surface area contributed by atoms with E-state index in [1.54, 1.807) is 6.20 Å². The number of hydrogen-bond donors (Lipinski definition) is 9. The van der Waals surface area contributed by atoms with Gasteiger partial charge >= 0.3 is 17.9 Å². The molecule has 0 aliphatic heterocycles. The van der Waals surface area contributed by atoms with Crippen LogP contribution in [0.2, 0.25) is 0 Å². The first-order chi connectivity index (χ1) is 19.9. The predicted octanol–water partition coefficient (Wildman–Crippen LogP) is -0.565. The van der Waals surface area contributed by atoms with Gasteiger partial charge in [-0.2, -0.15) is 0 Å². The van der Waals surface area contributed by atoms with Crippen molar-refractivity contribution in [2.45, 2.75) is 75.5 Å². The Balaban J connectivity index is 2.15. The first kappa shape index (κ1) is 33.7. The highest BCUT2D eigenvalue weighted by Crippen LogP contribution is 2.19. The molecule has 0 spiro atoms. The molecular formula is C27H38N6O9. The van der Waals surface area contributed by atoms with Gasteiger partial charge in [-0.3, -0.25) is 24.0 Å². The molecule has 0 radical (unpaired) electrons. The van der Waals surface area contributed by atoms with Crippen molar-refractivity contribution in [2.24, 2.45) is 11.5 Å². The summed E-state index contributed by atoms with van der Waals surface area (Å²) in [6.07, 6.45) is 1.13. The number of hydrogen-bond acceptors (Lipinski definition) is 8. The van der Waals surface area contributed by atoms with Gasteiger partial charge in [0, 0.05) is 29.9 Å². The number of carboxylic acid groups (broad SMARTS) is 3. The Bertz CT molecular complexity index is 1260. The fourth-order valence-electron chi connectivity index (χ4n) is 4.28. The van der Waals surface area contributed by atoms with Crippen molar-refractivity contribution in [3.63, 3.8) is 0 Å². The van der Waals surface area contributed by atoms with Crippen LogP contribution in [0, 0.1) is 0 Å². The highest BCUT2D eigenvalue weighted by atomic mass is 16.4. The molecule has 0 fully saturated rings. The van der Waals surface area contributed by atoms with Gasteiger partial charge in [-0.05, 0) is 56.7 Å². The number of carbonyl (C=O) groups is 6. The van der Waals surface area contributed by atoms with Gasteiger partial charge in [0.05, 0.1) is 6.04 Å². The van der Waals surface area contributed by atoms with Gasteiger partial charge in [0.1, 0.15) is 18.1 Å². The minimum absolute atomic E-state index is 0.137. The summed E-state index contributed by atoms with van der Waals surface area (Å²) in [7, 11) is 0. The zero-order valence-corrected chi connectivity index (χ0v) is 23.0. The lowest BCUT2D eigenvalue weighted by Crippen LogP contribution is -2.57. The average Bonchev–Trinajstić information content (AvgIpc) is 3.34. The number of rotatable bonds is 19. The molecule has 1 aromatic carbocycles. The van der Waals surface area contributed by atoms with E-state index in [9.17, 15) is 33.9 Å². The minimum Gasteiger partial charge on any atom is -0.481 e. The van der Waals surface area contributed by atoms with Crippen molar-refractivity contribution < 1.29 is 44.1 Å². The summed E-state index contributed by atoms with van der Waals surface area (Å²) in [4.78, 5) is 75.8. The van der Waals surface area contributed by atoms with Crippen molar-refractivity contribution >= 4 is 46.5 Å². The first-order valence-electron chi connectivity index (χ1n) is 13.5. The minimum atomic E-state index is -1.58. The van der Waals surface area contributed by atoms with Gasteiger partial charge < -0.3 is 47.7 Å². The molecule has 2 aromatic rings. The van der Waals surface area contributed by atoms with Crippen molar-refractivity contribution in [1.29, 1.82) is 0 Å². The monoisotopic (exact) mass is 590 g/mol. The smallest absolute Gasteiger partial charge is 0.326 e. The van der Waals surface area contributed by atoms with Gasteiger partial charge in [-0.1, -0.05) is 18.2 Å². The molecule has 4 unspecified atom stereocenters. The second-order valence-corrected chi connectivity index (χ2v) is 9.84. The third-order valence-corrected chi connectivity index (χ3v) is 6.57. The number of fused-ring (bicyclic) bond motifs is 1. The Kier molecular flexibility index (Phi) is 13.4. The van der Waals surface area contributed by atoms with Crippen LogP contribution in [0.25, 0.3) is 10.9 Å². The summed E-state index contributed by atoms with van der Waals surface area (Å²) in [5.41, 5.74) is 13.4. The molecule has 0 saturated carbocycles. The number of carboxylic acids is 3. The number of para-hydroxylation sites is 1. The molecule has 15 heteroatoms. The fourth-order valence-corrected chi connectivity index (χ4v) is 4.28. The fraction of sp³-hybridized carbons (Fsp3) is 0.481. The number of carbonyl (C=O) groups excluding carboxylic acids is 3. The molecule has 4 atom stereocenters. The lowest BCUT2D eigenvalue weighted by Gasteiger charge is -2.25. The standard InChI is InChI=1S/C27H38N6O9/c28-12-4-3-7-19(31-24(38)17(29)13-15-14-30-18-6-2-1-5-16(15)18)25(39)32-20(8-10-22(34)35)26(40)33-21(27(41)42)9-11-23(36)37/h1-2,5-6,14,17,19-21,30H,3-4,7-13,28-29H2,(H,31,38)(H,32,39)(H,33,40)(H,34,35)(H,36,37)(H,41,42). The molecule has 0 bridgehead atoms. The van der Waals surface area contributed by atoms with E-state index in [4.69, 9.17) is 21.7 Å². The van der Waals surface area contributed by atoms with Gasteiger partial charge in [0.15, 0.2) is 0 Å². The van der Waals surface area contributed by atoms with Crippen molar-refractivity contribution in [1.82, 2.24) is 20.9 Å². The molecule has 0 aliphatic rings. The third kappa shape index (κ3) is 10.8. The SMILES string of the molecule is NCCCCC(NC(=O)C(N)Cc1c[nH]c2ccccc12)C(=O)NC(CCC(=O)O)C(=O)NC(CCC(=O)O)C(=O)O. The zero-order chi connectivity index (χ0) is 31.2. The lowest BCUT2D eigenvalue weighted by molar-refractivity contribution is -0.144. The van der Waals surface area contributed by atoms with Gasteiger partial charge in [0.2, 0.25) is 17.7 Å². The molecule has 0 saturated heterocycles. The molecule has 1 heterocycles.